The molecule has 0 amide bonds. The van der Waals surface area contributed by atoms with Crippen molar-refractivity contribution in [1.82, 2.24) is 0 Å². The Morgan fingerprint density at radius 1 is 1.33 bits per heavy atom. The van der Waals surface area contributed by atoms with E-state index < -0.39 is 0 Å². The van der Waals surface area contributed by atoms with E-state index in [2.05, 4.69) is 30.4 Å². The molecule has 0 radical (unpaired) electrons. The van der Waals surface area contributed by atoms with Crippen LogP contribution in [-0.4, -0.2) is 25.4 Å². The van der Waals surface area contributed by atoms with Gasteiger partial charge in [0.05, 0.1) is 13.2 Å². The van der Waals surface area contributed by atoms with Gasteiger partial charge in [-0.25, -0.2) is 0 Å². The van der Waals surface area contributed by atoms with Crippen LogP contribution in [0, 0.1) is 6.92 Å². The predicted octanol–water partition coefficient (Wildman–Crippen LogP) is 2.81. The molecule has 2 nitrogen and oxygen atoms in total. The van der Waals surface area contributed by atoms with Crippen molar-refractivity contribution in [3.63, 3.8) is 0 Å². The molecule has 0 bridgehead atoms. The first-order valence-corrected chi connectivity index (χ1v) is 4.91. The summed E-state index contributed by atoms with van der Waals surface area (Å²) in [5, 5.41) is 7.94. The molecule has 0 saturated heterocycles. The van der Waals surface area contributed by atoms with Crippen molar-refractivity contribution in [2.75, 3.05) is 20.3 Å². The summed E-state index contributed by atoms with van der Waals surface area (Å²) in [5.41, 5.74) is 1.32. The third-order valence-electron chi connectivity index (χ3n) is 1.24. The van der Waals surface area contributed by atoms with Gasteiger partial charge in [0.1, 0.15) is 0 Å². The number of allylic oxidation sites excluding steroid dienone is 1. The number of hydrogen-bond donors (Lipinski definition) is 1. The topological polar surface area (TPSA) is 29.5 Å². The smallest absolute Gasteiger partial charge is 0.0693 e. The molecule has 0 unspecified atom stereocenters. The summed E-state index contributed by atoms with van der Waals surface area (Å²) < 4.78 is 4.44. The van der Waals surface area contributed by atoms with E-state index in [0.717, 1.165) is 0 Å². The van der Waals surface area contributed by atoms with E-state index in [4.69, 9.17) is 5.11 Å². The molecule has 0 aromatic heterocycles. The van der Waals surface area contributed by atoms with Crippen LogP contribution in [0.2, 0.25) is 0 Å². The van der Waals surface area contributed by atoms with Gasteiger partial charge in [-0.05, 0) is 13.8 Å². The molecule has 2 heteroatoms. The number of aryl methyl sites for hydroxylation is 1. The van der Waals surface area contributed by atoms with Crippen LogP contribution in [-0.2, 0) is 4.74 Å². The Kier molecular flexibility index (Phi) is 16.7. The van der Waals surface area contributed by atoms with E-state index in [1.165, 1.54) is 5.56 Å². The number of methoxy groups -OCH3 is 1. The number of aliphatic hydroxyl groups excluding tert-OH is 1. The molecule has 0 saturated carbocycles. The summed E-state index contributed by atoms with van der Waals surface area (Å²) in [6, 6.07) is 10.3. The molecule has 1 aromatic carbocycles. The van der Waals surface area contributed by atoms with E-state index in [1.54, 1.807) is 13.2 Å². The van der Waals surface area contributed by atoms with Crippen molar-refractivity contribution in [3.8, 4) is 0 Å². The van der Waals surface area contributed by atoms with Crippen LogP contribution in [0.4, 0.5) is 0 Å². The summed E-state index contributed by atoms with van der Waals surface area (Å²) in [6.07, 6.45) is 1.75. The van der Waals surface area contributed by atoms with Crippen LogP contribution >= 0.6 is 0 Å². The highest BCUT2D eigenvalue weighted by atomic mass is 16.5. The van der Waals surface area contributed by atoms with Gasteiger partial charge >= 0.3 is 0 Å². The van der Waals surface area contributed by atoms with E-state index in [1.807, 2.05) is 25.1 Å². The van der Waals surface area contributed by atoms with E-state index in [9.17, 15) is 0 Å². The predicted molar refractivity (Wildman–Crippen MR) is 66.0 cm³/mol. The van der Waals surface area contributed by atoms with Gasteiger partial charge in [-0.1, -0.05) is 42.0 Å². The fourth-order valence-corrected chi connectivity index (χ4v) is 0.626. The molecular weight excluding hydrogens is 188 g/mol. The van der Waals surface area contributed by atoms with Crippen LogP contribution in [0.15, 0.2) is 43.0 Å². The summed E-state index contributed by atoms with van der Waals surface area (Å²) in [6.45, 7) is 7.90. The van der Waals surface area contributed by atoms with E-state index in [-0.39, 0.29) is 6.61 Å². The van der Waals surface area contributed by atoms with Crippen molar-refractivity contribution < 1.29 is 9.84 Å². The molecule has 1 aromatic rings. The van der Waals surface area contributed by atoms with Gasteiger partial charge in [0.2, 0.25) is 0 Å². The third-order valence-corrected chi connectivity index (χ3v) is 1.24. The maximum Gasteiger partial charge on any atom is 0.0693 e. The maximum absolute atomic E-state index is 7.94. The number of rotatable bonds is 2. The van der Waals surface area contributed by atoms with Gasteiger partial charge in [0, 0.05) is 7.11 Å². The molecule has 0 aliphatic carbocycles. The Hall–Kier alpha value is -1.12. The minimum Gasteiger partial charge on any atom is -0.394 e. The zero-order valence-corrected chi connectivity index (χ0v) is 9.94. The normalized spacial score (nSPS) is 7.73. The van der Waals surface area contributed by atoms with Crippen molar-refractivity contribution in [3.05, 3.63) is 48.6 Å². The highest BCUT2D eigenvalue weighted by Gasteiger charge is 1.72. The van der Waals surface area contributed by atoms with Gasteiger partial charge in [-0.2, -0.15) is 0 Å². The molecule has 1 rings (SSSR count). The number of benzene rings is 1. The average Bonchev–Trinajstić information content (AvgIpc) is 2.22. The third kappa shape index (κ3) is 19.3. The molecule has 15 heavy (non-hydrogen) atoms. The van der Waals surface area contributed by atoms with Crippen molar-refractivity contribution in [1.29, 1.82) is 0 Å². The fraction of sp³-hybridized carbons (Fsp3) is 0.385. The van der Waals surface area contributed by atoms with E-state index in [0.29, 0.717) is 6.61 Å². The van der Waals surface area contributed by atoms with Crippen molar-refractivity contribution in [2.24, 2.45) is 0 Å². The molecule has 1 N–H and O–H groups in total. The second-order valence-electron chi connectivity index (χ2n) is 2.78. The number of hydrogen-bond acceptors (Lipinski definition) is 2. The Labute approximate surface area is 93.2 Å². The fourth-order valence-electron chi connectivity index (χ4n) is 0.626. The first-order valence-electron chi connectivity index (χ1n) is 4.91. The molecule has 86 valence electrons. The monoisotopic (exact) mass is 210 g/mol. The van der Waals surface area contributed by atoms with Gasteiger partial charge in [-0.3, -0.25) is 0 Å². The highest BCUT2D eigenvalue weighted by Crippen LogP contribution is 1.92. The lowest BCUT2D eigenvalue weighted by Crippen LogP contribution is -1.91. The first-order chi connectivity index (χ1) is 7.22. The lowest BCUT2D eigenvalue weighted by molar-refractivity contribution is 0.135. The van der Waals surface area contributed by atoms with Crippen molar-refractivity contribution >= 4 is 0 Å². The summed E-state index contributed by atoms with van der Waals surface area (Å²) in [4.78, 5) is 0. The van der Waals surface area contributed by atoms with Gasteiger partial charge in [0.15, 0.2) is 0 Å². The standard InChI is InChI=1S/C7H8.C3H8O2.C3H6/c1-7-5-3-2-4-6-7;1-5-3-2-4;1-3-2/h2-6H,1H3;4H,2-3H2,1H3;3H,1H2,2H3. The number of aliphatic hydroxyl groups is 1. The molecule has 0 aliphatic rings. The highest BCUT2D eigenvalue weighted by molar-refractivity contribution is 5.11. The Morgan fingerprint density at radius 3 is 1.93 bits per heavy atom. The average molecular weight is 210 g/mol. The van der Waals surface area contributed by atoms with Crippen LogP contribution in [0.5, 0.6) is 0 Å². The Morgan fingerprint density at radius 2 is 1.80 bits per heavy atom. The minimum atomic E-state index is 0.122. The zero-order valence-electron chi connectivity index (χ0n) is 9.94. The van der Waals surface area contributed by atoms with Gasteiger partial charge in [0.25, 0.3) is 0 Å². The summed E-state index contributed by atoms with van der Waals surface area (Å²) in [5.74, 6) is 0. The molecule has 0 fully saturated rings. The zero-order chi connectivity index (χ0) is 11.9. The Balaban J connectivity index is 0. The summed E-state index contributed by atoms with van der Waals surface area (Å²) >= 11 is 0. The summed E-state index contributed by atoms with van der Waals surface area (Å²) in [7, 11) is 1.55. The van der Waals surface area contributed by atoms with Crippen molar-refractivity contribution in [2.45, 2.75) is 13.8 Å². The Bertz CT molecular complexity index is 205. The van der Waals surface area contributed by atoms with E-state index >= 15 is 0 Å². The maximum atomic E-state index is 7.94. The second-order valence-corrected chi connectivity index (χ2v) is 2.78. The van der Waals surface area contributed by atoms with Crippen LogP contribution in [0.25, 0.3) is 0 Å². The quantitative estimate of drug-likeness (QED) is 0.761. The molecular formula is C13H22O2. The molecule has 0 spiro atoms. The molecule has 0 aliphatic heterocycles. The van der Waals surface area contributed by atoms with Crippen LogP contribution < -0.4 is 0 Å². The van der Waals surface area contributed by atoms with Gasteiger partial charge < -0.3 is 9.84 Å². The molecule has 0 atom stereocenters. The minimum absolute atomic E-state index is 0.122. The lowest BCUT2D eigenvalue weighted by atomic mass is 10.2. The SMILES string of the molecule is C=CC.COCCO.Cc1ccccc1. The largest absolute Gasteiger partial charge is 0.394 e. The lowest BCUT2D eigenvalue weighted by Gasteiger charge is -1.84. The molecule has 0 heterocycles. The first kappa shape index (κ1) is 16.3. The number of ether oxygens (including phenoxy) is 1. The van der Waals surface area contributed by atoms with Crippen LogP contribution in [0.3, 0.4) is 0 Å². The van der Waals surface area contributed by atoms with Crippen LogP contribution in [0.1, 0.15) is 12.5 Å². The van der Waals surface area contributed by atoms with Gasteiger partial charge in [-0.15, -0.1) is 6.58 Å². The second kappa shape index (κ2) is 15.4.